The molecule has 0 unspecified atom stereocenters. The Kier molecular flexibility index (Phi) is 5.70. The van der Waals surface area contributed by atoms with E-state index < -0.39 is 5.60 Å². The summed E-state index contributed by atoms with van der Waals surface area (Å²) in [5, 5.41) is 15.1. The first-order valence-electron chi connectivity index (χ1n) is 10.9. The van der Waals surface area contributed by atoms with Gasteiger partial charge in [0.2, 0.25) is 11.7 Å². The Morgan fingerprint density at radius 2 is 1.67 bits per heavy atom. The van der Waals surface area contributed by atoms with E-state index in [1.165, 1.54) is 12.1 Å². The first-order valence-corrected chi connectivity index (χ1v) is 10.9. The van der Waals surface area contributed by atoms with Gasteiger partial charge in [0.25, 0.3) is 0 Å². The highest BCUT2D eigenvalue weighted by Gasteiger charge is 2.34. The summed E-state index contributed by atoms with van der Waals surface area (Å²) in [6.45, 7) is 3.74. The van der Waals surface area contributed by atoms with Crippen molar-refractivity contribution in [2.45, 2.75) is 31.9 Å². The van der Waals surface area contributed by atoms with E-state index in [1.54, 1.807) is 18.3 Å². The lowest BCUT2D eigenvalue weighted by molar-refractivity contribution is -0.0295. The summed E-state index contributed by atoms with van der Waals surface area (Å²) in [6.07, 6.45) is 2.87. The molecule has 168 valence electrons. The van der Waals surface area contributed by atoms with Crippen molar-refractivity contribution < 1.29 is 14.0 Å². The third kappa shape index (κ3) is 4.67. The standard InChI is InChI=1S/C25H24FN5O2/c1-17-27-13-10-22(28-17)18-2-4-19(5-3-18)24-29-23(33-30-24)16-31-14-11-25(32,12-15-31)20-6-8-21(26)9-7-20/h2-10,13,32H,11-12,14-16H2,1H3. The molecular formula is C25H24FN5O2. The van der Waals surface area contributed by atoms with Crippen LogP contribution in [0.2, 0.25) is 0 Å². The van der Waals surface area contributed by atoms with Gasteiger partial charge >= 0.3 is 0 Å². The van der Waals surface area contributed by atoms with Gasteiger partial charge in [-0.25, -0.2) is 14.4 Å². The number of benzene rings is 2. The second-order valence-electron chi connectivity index (χ2n) is 8.39. The number of halogens is 1. The second-order valence-corrected chi connectivity index (χ2v) is 8.39. The van der Waals surface area contributed by atoms with Gasteiger partial charge in [-0.3, -0.25) is 4.90 Å². The molecule has 1 N–H and O–H groups in total. The van der Waals surface area contributed by atoms with Crippen LogP contribution < -0.4 is 0 Å². The van der Waals surface area contributed by atoms with Gasteiger partial charge < -0.3 is 9.63 Å². The second kappa shape index (κ2) is 8.80. The molecule has 0 radical (unpaired) electrons. The van der Waals surface area contributed by atoms with Gasteiger partial charge in [0, 0.05) is 30.4 Å². The Labute approximate surface area is 190 Å². The van der Waals surface area contributed by atoms with E-state index in [2.05, 4.69) is 25.0 Å². The first kappa shape index (κ1) is 21.4. The Morgan fingerprint density at radius 3 is 2.36 bits per heavy atom. The minimum absolute atomic E-state index is 0.300. The van der Waals surface area contributed by atoms with Gasteiger partial charge in [0.15, 0.2) is 0 Å². The average Bonchev–Trinajstić information content (AvgIpc) is 3.30. The molecule has 8 heteroatoms. The van der Waals surface area contributed by atoms with Crippen molar-refractivity contribution in [3.63, 3.8) is 0 Å². The Hall–Kier alpha value is -3.49. The fourth-order valence-corrected chi connectivity index (χ4v) is 4.16. The van der Waals surface area contributed by atoms with Crippen LogP contribution in [-0.2, 0) is 12.1 Å². The number of nitrogens with zero attached hydrogens (tertiary/aromatic N) is 5. The minimum atomic E-state index is -0.936. The minimum Gasteiger partial charge on any atom is -0.385 e. The van der Waals surface area contributed by atoms with E-state index in [4.69, 9.17) is 4.52 Å². The Morgan fingerprint density at radius 1 is 0.970 bits per heavy atom. The molecule has 0 amide bonds. The van der Waals surface area contributed by atoms with Crippen molar-refractivity contribution in [1.82, 2.24) is 25.0 Å². The largest absolute Gasteiger partial charge is 0.385 e. The van der Waals surface area contributed by atoms with E-state index >= 15 is 0 Å². The molecule has 1 aliphatic heterocycles. The third-order valence-electron chi connectivity index (χ3n) is 6.11. The van der Waals surface area contributed by atoms with Crippen LogP contribution in [0.15, 0.2) is 65.3 Å². The number of likely N-dealkylation sites (tertiary alicyclic amines) is 1. The van der Waals surface area contributed by atoms with E-state index in [0.29, 0.717) is 44.2 Å². The highest BCUT2D eigenvalue weighted by molar-refractivity contribution is 5.64. The Bertz CT molecular complexity index is 1230. The van der Waals surface area contributed by atoms with E-state index in [1.807, 2.05) is 37.3 Å². The molecule has 7 nitrogen and oxygen atoms in total. The molecular weight excluding hydrogens is 421 g/mol. The van der Waals surface area contributed by atoms with Crippen LogP contribution >= 0.6 is 0 Å². The number of hydrogen-bond donors (Lipinski definition) is 1. The predicted molar refractivity (Wildman–Crippen MR) is 120 cm³/mol. The third-order valence-corrected chi connectivity index (χ3v) is 6.11. The molecule has 4 aromatic rings. The number of rotatable bonds is 5. The summed E-state index contributed by atoms with van der Waals surface area (Å²) in [4.78, 5) is 15.3. The fourth-order valence-electron chi connectivity index (χ4n) is 4.16. The summed E-state index contributed by atoms with van der Waals surface area (Å²) in [5.74, 6) is 1.50. The van der Waals surface area contributed by atoms with Crippen molar-refractivity contribution in [3.8, 4) is 22.6 Å². The molecule has 0 spiro atoms. The molecule has 2 aromatic heterocycles. The van der Waals surface area contributed by atoms with Gasteiger partial charge in [-0.1, -0.05) is 41.6 Å². The monoisotopic (exact) mass is 445 g/mol. The van der Waals surface area contributed by atoms with Crippen LogP contribution in [0.5, 0.6) is 0 Å². The fraction of sp³-hybridized carbons (Fsp3) is 0.280. The molecule has 3 heterocycles. The maximum atomic E-state index is 13.2. The lowest BCUT2D eigenvalue weighted by Gasteiger charge is -2.38. The van der Waals surface area contributed by atoms with Crippen molar-refractivity contribution in [3.05, 3.63) is 83.9 Å². The quantitative estimate of drug-likeness (QED) is 0.494. The SMILES string of the molecule is Cc1nccc(-c2ccc(-c3noc(CN4CCC(O)(c5ccc(F)cc5)CC4)n3)cc2)n1. The zero-order valence-corrected chi connectivity index (χ0v) is 18.3. The van der Waals surface area contributed by atoms with Crippen LogP contribution in [0.25, 0.3) is 22.6 Å². The maximum absolute atomic E-state index is 13.2. The highest BCUT2D eigenvalue weighted by atomic mass is 19.1. The predicted octanol–water partition coefficient (Wildman–Crippen LogP) is 4.12. The van der Waals surface area contributed by atoms with Gasteiger partial charge in [-0.15, -0.1) is 0 Å². The van der Waals surface area contributed by atoms with E-state index in [0.717, 1.165) is 28.2 Å². The summed E-state index contributed by atoms with van der Waals surface area (Å²) in [6, 6.07) is 15.8. The summed E-state index contributed by atoms with van der Waals surface area (Å²) >= 11 is 0. The van der Waals surface area contributed by atoms with Gasteiger partial charge in [0.05, 0.1) is 17.8 Å². The molecule has 0 saturated carbocycles. The molecule has 0 aliphatic carbocycles. The van der Waals surface area contributed by atoms with Crippen molar-refractivity contribution in [1.29, 1.82) is 0 Å². The zero-order valence-electron chi connectivity index (χ0n) is 18.3. The highest BCUT2D eigenvalue weighted by Crippen LogP contribution is 2.33. The lowest BCUT2D eigenvalue weighted by atomic mass is 9.84. The first-order chi connectivity index (χ1) is 16.0. The molecule has 5 rings (SSSR count). The lowest BCUT2D eigenvalue weighted by Crippen LogP contribution is -2.42. The topological polar surface area (TPSA) is 88.2 Å². The van der Waals surface area contributed by atoms with Crippen LogP contribution in [0.3, 0.4) is 0 Å². The van der Waals surface area contributed by atoms with Gasteiger partial charge in [-0.05, 0) is 43.5 Å². The number of aromatic nitrogens is 4. The van der Waals surface area contributed by atoms with Gasteiger partial charge in [-0.2, -0.15) is 4.98 Å². The van der Waals surface area contributed by atoms with Crippen LogP contribution in [0, 0.1) is 12.7 Å². The van der Waals surface area contributed by atoms with Crippen molar-refractivity contribution >= 4 is 0 Å². The molecule has 33 heavy (non-hydrogen) atoms. The molecule has 1 saturated heterocycles. The van der Waals surface area contributed by atoms with Crippen LogP contribution in [-0.4, -0.2) is 43.2 Å². The number of aliphatic hydroxyl groups is 1. The summed E-state index contributed by atoms with van der Waals surface area (Å²) in [5.41, 5.74) is 2.55. The summed E-state index contributed by atoms with van der Waals surface area (Å²) in [7, 11) is 0. The van der Waals surface area contributed by atoms with Crippen LogP contribution in [0.1, 0.15) is 30.1 Å². The van der Waals surface area contributed by atoms with Crippen molar-refractivity contribution in [2.75, 3.05) is 13.1 Å². The normalized spacial score (nSPS) is 16.1. The zero-order chi connectivity index (χ0) is 22.8. The molecule has 1 fully saturated rings. The number of aryl methyl sites for hydroxylation is 1. The van der Waals surface area contributed by atoms with E-state index in [-0.39, 0.29) is 5.82 Å². The maximum Gasteiger partial charge on any atom is 0.241 e. The summed E-state index contributed by atoms with van der Waals surface area (Å²) < 4.78 is 18.7. The average molecular weight is 445 g/mol. The van der Waals surface area contributed by atoms with Crippen LogP contribution in [0.4, 0.5) is 4.39 Å². The smallest absolute Gasteiger partial charge is 0.241 e. The van der Waals surface area contributed by atoms with Crippen molar-refractivity contribution in [2.24, 2.45) is 0 Å². The molecule has 2 aromatic carbocycles. The Balaban J connectivity index is 1.21. The molecule has 0 atom stereocenters. The van der Waals surface area contributed by atoms with Gasteiger partial charge in [0.1, 0.15) is 11.6 Å². The molecule has 0 bridgehead atoms. The van der Waals surface area contributed by atoms with E-state index in [9.17, 15) is 9.50 Å². The number of piperidine rings is 1. The molecule has 1 aliphatic rings. The number of hydrogen-bond acceptors (Lipinski definition) is 7.